The molecular weight excluding hydrogens is 297 g/mol. The minimum atomic E-state index is -5.39. The fourth-order valence-corrected chi connectivity index (χ4v) is 0. The smallest absolute Gasteiger partial charge is 0.822 e. The second-order valence-corrected chi connectivity index (χ2v) is 2.68. The molecule has 0 rings (SSSR count). The van der Waals surface area contributed by atoms with Gasteiger partial charge in [-0.1, -0.05) is 0 Å². The minimum absolute atomic E-state index is 0. The van der Waals surface area contributed by atoms with Crippen LogP contribution in [0.5, 0.6) is 0 Å². The Hall–Kier alpha value is 3.27. The zero-order chi connectivity index (χ0) is 9.00. The molecule has 0 fully saturated rings. The number of rotatable bonds is 0. The molecule has 8 nitrogen and oxygen atoms in total. The van der Waals surface area contributed by atoms with Crippen LogP contribution in [0.2, 0.25) is 0 Å². The SMILES string of the molecule is O=P([O-])([O-])[O-].O=P([O-])([O-])[O-].[Al+3].[Ca+2].[Ca+2]. The molecule has 0 saturated carbocycles. The van der Waals surface area contributed by atoms with Crippen molar-refractivity contribution < 1.29 is 38.5 Å². The van der Waals surface area contributed by atoms with Crippen LogP contribution in [0.3, 0.4) is 0 Å². The molecule has 13 heteroatoms. The maximum absolute atomic E-state index is 8.55. The standard InChI is InChI=1S/Al.2Ca.2H3O4P/c;;;2*1-5(2,3)4/h;;;2*(H3,1,2,3,4)/q+3;2*+2;;/p-6. The van der Waals surface area contributed by atoms with Crippen LogP contribution in [0.25, 0.3) is 0 Å². The summed E-state index contributed by atoms with van der Waals surface area (Å²) in [6.07, 6.45) is 0. The van der Waals surface area contributed by atoms with Gasteiger partial charge >= 0.3 is 92.8 Å². The summed E-state index contributed by atoms with van der Waals surface area (Å²) in [4.78, 5) is 51.3. The van der Waals surface area contributed by atoms with Crippen molar-refractivity contribution in [2.45, 2.75) is 0 Å². The molecule has 0 heterocycles. The van der Waals surface area contributed by atoms with E-state index in [2.05, 4.69) is 0 Å². The topological polar surface area (TPSA) is 172 Å². The predicted molar refractivity (Wildman–Crippen MR) is 32.5 cm³/mol. The van der Waals surface area contributed by atoms with Crippen LogP contribution in [0.15, 0.2) is 0 Å². The summed E-state index contributed by atoms with van der Waals surface area (Å²) in [5.41, 5.74) is 0. The Morgan fingerprint density at radius 2 is 0.615 bits per heavy atom. The third-order valence-electron chi connectivity index (χ3n) is 0. The molecule has 0 aromatic heterocycles. The molecule has 0 aliphatic heterocycles. The summed E-state index contributed by atoms with van der Waals surface area (Å²) in [6.45, 7) is 0. The summed E-state index contributed by atoms with van der Waals surface area (Å²) in [5, 5.41) is 0. The zero-order valence-corrected chi connectivity index (χ0v) is 13.5. The van der Waals surface area contributed by atoms with Gasteiger partial charge < -0.3 is 38.5 Å². The molecule has 0 aromatic rings. The third-order valence-corrected chi connectivity index (χ3v) is 0. The monoisotopic (exact) mass is 297 g/mol. The maximum atomic E-state index is 8.55. The van der Waals surface area contributed by atoms with Crippen LogP contribution in [0.1, 0.15) is 0 Å². The van der Waals surface area contributed by atoms with Gasteiger partial charge in [-0.3, -0.25) is 0 Å². The molecular formula is AlCa2O8P2+. The normalized spacial score (nSPS) is 9.08. The molecule has 0 aliphatic rings. The molecule has 0 spiro atoms. The quantitative estimate of drug-likeness (QED) is 0.313. The van der Waals surface area contributed by atoms with Crippen molar-refractivity contribution in [1.82, 2.24) is 0 Å². The Kier molecular flexibility index (Phi) is 30.6. The first-order chi connectivity index (χ1) is 4.00. The van der Waals surface area contributed by atoms with Crippen molar-refractivity contribution in [2.24, 2.45) is 0 Å². The first-order valence-corrected chi connectivity index (χ1v) is 4.38. The van der Waals surface area contributed by atoms with Crippen molar-refractivity contribution in [3.8, 4) is 0 Å². The van der Waals surface area contributed by atoms with Gasteiger partial charge in [0.1, 0.15) is 0 Å². The van der Waals surface area contributed by atoms with Gasteiger partial charge in [0.2, 0.25) is 0 Å². The van der Waals surface area contributed by atoms with Crippen LogP contribution < -0.4 is 29.4 Å². The van der Waals surface area contributed by atoms with E-state index >= 15 is 0 Å². The van der Waals surface area contributed by atoms with Crippen LogP contribution >= 0.6 is 15.6 Å². The van der Waals surface area contributed by atoms with Crippen molar-refractivity contribution in [3.63, 3.8) is 0 Å². The molecule has 0 aliphatic carbocycles. The summed E-state index contributed by atoms with van der Waals surface area (Å²) in [5.74, 6) is 0. The zero-order valence-electron chi connectivity index (χ0n) is 6.15. The number of hydrogen-bond donors (Lipinski definition) is 0. The van der Waals surface area contributed by atoms with Gasteiger partial charge in [0, 0.05) is 0 Å². The van der Waals surface area contributed by atoms with Gasteiger partial charge in [0.25, 0.3) is 0 Å². The molecule has 0 saturated heterocycles. The molecule has 0 bridgehead atoms. The van der Waals surface area contributed by atoms with Gasteiger partial charge in [-0.2, -0.15) is 15.6 Å². The summed E-state index contributed by atoms with van der Waals surface area (Å²) in [6, 6.07) is 0. The molecule has 0 N–H and O–H groups in total. The van der Waals surface area contributed by atoms with Crippen molar-refractivity contribution in [1.29, 1.82) is 0 Å². The molecule has 0 aromatic carbocycles. The van der Waals surface area contributed by atoms with Crippen molar-refractivity contribution in [2.75, 3.05) is 0 Å². The van der Waals surface area contributed by atoms with E-state index in [1.807, 2.05) is 0 Å². The Morgan fingerprint density at radius 3 is 0.615 bits per heavy atom. The average Bonchev–Trinajstić information content (AvgIpc) is 1.12. The fourth-order valence-electron chi connectivity index (χ4n) is 0. The predicted octanol–water partition coefficient (Wildman–Crippen LogP) is -6.79. The van der Waals surface area contributed by atoms with E-state index in [0.29, 0.717) is 0 Å². The molecule has 0 amide bonds. The average molecular weight is 297 g/mol. The van der Waals surface area contributed by atoms with E-state index < -0.39 is 15.6 Å². The van der Waals surface area contributed by atoms with Gasteiger partial charge in [0.15, 0.2) is 0 Å². The second-order valence-electron chi connectivity index (χ2n) is 0.894. The number of hydrogen-bond acceptors (Lipinski definition) is 8. The Bertz CT molecular complexity index is 132. The Balaban J connectivity index is -0.0000000267. The van der Waals surface area contributed by atoms with E-state index in [1.54, 1.807) is 0 Å². The van der Waals surface area contributed by atoms with Gasteiger partial charge in [-0.05, 0) is 0 Å². The third kappa shape index (κ3) is 251. The molecule has 0 unspecified atom stereocenters. The van der Waals surface area contributed by atoms with Crippen LogP contribution in [0.4, 0.5) is 0 Å². The Labute approximate surface area is 144 Å². The van der Waals surface area contributed by atoms with Gasteiger partial charge in [-0.25, -0.2) is 0 Å². The first-order valence-electron chi connectivity index (χ1n) is 1.46. The van der Waals surface area contributed by atoms with Crippen LogP contribution in [-0.4, -0.2) is 92.8 Å². The van der Waals surface area contributed by atoms with Gasteiger partial charge in [-0.15, -0.1) is 0 Å². The van der Waals surface area contributed by atoms with Crippen LogP contribution in [-0.2, 0) is 9.13 Å². The minimum Gasteiger partial charge on any atom is -0.822 e. The van der Waals surface area contributed by atoms with Crippen molar-refractivity contribution in [3.05, 3.63) is 0 Å². The first kappa shape index (κ1) is 29.9. The van der Waals surface area contributed by atoms with E-state index in [-0.39, 0.29) is 92.8 Å². The van der Waals surface area contributed by atoms with Crippen LogP contribution in [0, 0.1) is 0 Å². The largest absolute Gasteiger partial charge is 3.00 e. The molecule has 0 radical (unpaired) electrons. The summed E-state index contributed by atoms with van der Waals surface area (Å²) < 4.78 is 17.1. The molecule has 0 atom stereocenters. The van der Waals surface area contributed by atoms with E-state index in [0.717, 1.165) is 0 Å². The van der Waals surface area contributed by atoms with E-state index in [9.17, 15) is 0 Å². The van der Waals surface area contributed by atoms with Gasteiger partial charge in [0.05, 0.1) is 0 Å². The Morgan fingerprint density at radius 1 is 0.615 bits per heavy atom. The fraction of sp³-hybridized carbons (Fsp3) is 0. The van der Waals surface area contributed by atoms with Crippen molar-refractivity contribution >= 4 is 108 Å². The molecule has 64 valence electrons. The number of phosphoric acid groups is 2. The summed E-state index contributed by atoms with van der Waals surface area (Å²) >= 11 is 0. The van der Waals surface area contributed by atoms with E-state index in [4.69, 9.17) is 38.5 Å². The second kappa shape index (κ2) is 13.3. The molecule has 13 heavy (non-hydrogen) atoms. The summed E-state index contributed by atoms with van der Waals surface area (Å²) in [7, 11) is -10.8. The maximum Gasteiger partial charge on any atom is 3.00 e. The van der Waals surface area contributed by atoms with E-state index in [1.165, 1.54) is 0 Å².